The lowest BCUT2D eigenvalue weighted by atomic mass is 10.1. The molecular weight excluding hydrogens is 196 g/mol. The van der Waals surface area contributed by atoms with Gasteiger partial charge in [-0.1, -0.05) is 0 Å². The van der Waals surface area contributed by atoms with Crippen molar-refractivity contribution in [2.75, 3.05) is 7.11 Å². The first kappa shape index (κ1) is 9.49. The molecule has 0 fully saturated rings. The molecule has 0 bridgehead atoms. The van der Waals surface area contributed by atoms with Crippen LogP contribution in [0.3, 0.4) is 0 Å². The number of hydrogen-bond acceptors (Lipinski definition) is 3. The molecule has 0 aliphatic rings. The van der Waals surface area contributed by atoms with E-state index >= 15 is 0 Å². The van der Waals surface area contributed by atoms with E-state index in [-0.39, 0.29) is 6.61 Å². The molecule has 0 amide bonds. The van der Waals surface area contributed by atoms with E-state index in [4.69, 9.17) is 9.84 Å². The van der Waals surface area contributed by atoms with Gasteiger partial charge in [0.15, 0.2) is 0 Å². The van der Waals surface area contributed by atoms with Gasteiger partial charge in [0, 0.05) is 15.1 Å². The first-order chi connectivity index (χ1) is 6.76. The highest BCUT2D eigenvalue weighted by molar-refractivity contribution is 7.19. The van der Waals surface area contributed by atoms with Crippen molar-refractivity contribution < 1.29 is 9.84 Å². The van der Waals surface area contributed by atoms with Gasteiger partial charge >= 0.3 is 0 Å². The highest BCUT2D eigenvalue weighted by Gasteiger charge is 2.07. The monoisotopic (exact) mass is 208 g/mol. The van der Waals surface area contributed by atoms with E-state index in [0.29, 0.717) is 0 Å². The Kier molecular flexibility index (Phi) is 2.44. The lowest BCUT2D eigenvalue weighted by molar-refractivity contribution is 0.285. The predicted molar refractivity (Wildman–Crippen MR) is 59.0 cm³/mol. The lowest BCUT2D eigenvalue weighted by Crippen LogP contribution is -1.85. The van der Waals surface area contributed by atoms with E-state index in [2.05, 4.69) is 0 Å². The largest absolute Gasteiger partial charge is 0.496 e. The van der Waals surface area contributed by atoms with Gasteiger partial charge < -0.3 is 9.84 Å². The van der Waals surface area contributed by atoms with Crippen molar-refractivity contribution >= 4 is 21.4 Å². The van der Waals surface area contributed by atoms with Gasteiger partial charge in [0.2, 0.25) is 0 Å². The van der Waals surface area contributed by atoms with Crippen molar-refractivity contribution in [1.82, 2.24) is 0 Å². The summed E-state index contributed by atoms with van der Waals surface area (Å²) in [5, 5.41) is 10.2. The lowest BCUT2D eigenvalue weighted by Gasteiger charge is -2.03. The summed E-state index contributed by atoms with van der Waals surface area (Å²) in [5.41, 5.74) is 1.15. The average molecular weight is 208 g/mol. The molecule has 0 aliphatic carbocycles. The zero-order valence-electron chi connectivity index (χ0n) is 8.20. The van der Waals surface area contributed by atoms with Gasteiger partial charge in [-0.2, -0.15) is 0 Å². The van der Waals surface area contributed by atoms with Crippen molar-refractivity contribution in [3.8, 4) is 5.75 Å². The summed E-state index contributed by atoms with van der Waals surface area (Å²) in [6, 6.07) is 6.01. The third-order valence-corrected chi connectivity index (χ3v) is 3.57. The van der Waals surface area contributed by atoms with E-state index in [1.807, 2.05) is 25.1 Å². The van der Waals surface area contributed by atoms with Gasteiger partial charge in [0.25, 0.3) is 0 Å². The Bertz CT molecular complexity index is 460. The smallest absolute Gasteiger partial charge is 0.123 e. The number of benzene rings is 1. The van der Waals surface area contributed by atoms with Crippen molar-refractivity contribution in [3.63, 3.8) is 0 Å². The molecule has 2 aromatic rings. The maximum Gasteiger partial charge on any atom is 0.123 e. The Labute approximate surface area is 86.8 Å². The van der Waals surface area contributed by atoms with Crippen LogP contribution in [-0.2, 0) is 6.61 Å². The summed E-state index contributed by atoms with van der Waals surface area (Å²) >= 11 is 1.62. The minimum atomic E-state index is 0.112. The van der Waals surface area contributed by atoms with Crippen LogP contribution in [-0.4, -0.2) is 12.2 Å². The van der Waals surface area contributed by atoms with Gasteiger partial charge in [0.1, 0.15) is 5.75 Å². The SMILES string of the molecule is COc1ccc2cc(CO)sc2c1C. The van der Waals surface area contributed by atoms with Crippen molar-refractivity contribution in [2.45, 2.75) is 13.5 Å². The van der Waals surface area contributed by atoms with Gasteiger partial charge in [-0.25, -0.2) is 0 Å². The number of aryl methyl sites for hydroxylation is 1. The van der Waals surface area contributed by atoms with Crippen LogP contribution in [0, 0.1) is 6.92 Å². The van der Waals surface area contributed by atoms with E-state index in [1.165, 1.54) is 10.1 Å². The summed E-state index contributed by atoms with van der Waals surface area (Å²) < 4.78 is 6.44. The Balaban J connectivity index is 2.68. The molecule has 0 unspecified atom stereocenters. The highest BCUT2D eigenvalue weighted by atomic mass is 32.1. The van der Waals surface area contributed by atoms with Gasteiger partial charge in [-0.05, 0) is 30.5 Å². The van der Waals surface area contributed by atoms with Crippen LogP contribution in [0.25, 0.3) is 10.1 Å². The van der Waals surface area contributed by atoms with Crippen LogP contribution >= 0.6 is 11.3 Å². The summed E-state index contributed by atoms with van der Waals surface area (Å²) in [7, 11) is 1.68. The maximum absolute atomic E-state index is 9.04. The van der Waals surface area contributed by atoms with Gasteiger partial charge in [-0.3, -0.25) is 0 Å². The fourth-order valence-electron chi connectivity index (χ4n) is 1.58. The van der Waals surface area contributed by atoms with Crippen LogP contribution in [0.2, 0.25) is 0 Å². The first-order valence-electron chi connectivity index (χ1n) is 4.43. The van der Waals surface area contributed by atoms with Crippen LogP contribution in [0.15, 0.2) is 18.2 Å². The zero-order valence-corrected chi connectivity index (χ0v) is 9.02. The van der Waals surface area contributed by atoms with E-state index in [1.54, 1.807) is 18.4 Å². The molecule has 0 saturated heterocycles. The summed E-state index contributed by atoms with van der Waals surface area (Å²) in [6.07, 6.45) is 0. The normalized spacial score (nSPS) is 10.8. The number of rotatable bonds is 2. The second-order valence-electron chi connectivity index (χ2n) is 3.18. The molecule has 1 aromatic carbocycles. The summed E-state index contributed by atoms with van der Waals surface area (Å²) in [4.78, 5) is 0.997. The quantitative estimate of drug-likeness (QED) is 0.822. The van der Waals surface area contributed by atoms with E-state index in [9.17, 15) is 0 Å². The van der Waals surface area contributed by atoms with Crippen molar-refractivity contribution in [2.24, 2.45) is 0 Å². The van der Waals surface area contributed by atoms with Crippen LogP contribution in [0.1, 0.15) is 10.4 Å². The summed E-state index contributed by atoms with van der Waals surface area (Å²) in [5.74, 6) is 0.906. The van der Waals surface area contributed by atoms with Gasteiger partial charge in [-0.15, -0.1) is 11.3 Å². The fourth-order valence-corrected chi connectivity index (χ4v) is 2.59. The standard InChI is InChI=1S/C11H12O2S/c1-7-10(13-2)4-3-8-5-9(6-12)14-11(7)8/h3-5,12H,6H2,1-2H3. The third kappa shape index (κ3) is 1.38. The van der Waals surface area contributed by atoms with Crippen LogP contribution in [0.4, 0.5) is 0 Å². The Morgan fingerprint density at radius 3 is 2.86 bits per heavy atom. The maximum atomic E-state index is 9.04. The van der Waals surface area contributed by atoms with E-state index in [0.717, 1.165) is 16.2 Å². The minimum absolute atomic E-state index is 0.112. The molecule has 1 heterocycles. The minimum Gasteiger partial charge on any atom is -0.496 e. The second-order valence-corrected chi connectivity index (χ2v) is 4.32. The molecule has 1 N–H and O–H groups in total. The highest BCUT2D eigenvalue weighted by Crippen LogP contribution is 2.33. The summed E-state index contributed by atoms with van der Waals surface area (Å²) in [6.45, 7) is 2.15. The fraction of sp³-hybridized carbons (Fsp3) is 0.273. The number of fused-ring (bicyclic) bond motifs is 1. The molecule has 3 heteroatoms. The molecule has 74 valence electrons. The number of aliphatic hydroxyl groups excluding tert-OH is 1. The Morgan fingerprint density at radius 2 is 2.21 bits per heavy atom. The molecule has 0 saturated carbocycles. The number of thiophene rings is 1. The molecule has 2 rings (SSSR count). The molecule has 1 aromatic heterocycles. The second kappa shape index (κ2) is 3.59. The van der Waals surface area contributed by atoms with Crippen molar-refractivity contribution in [3.05, 3.63) is 28.6 Å². The molecule has 0 aliphatic heterocycles. The van der Waals surface area contributed by atoms with E-state index < -0.39 is 0 Å². The molecule has 0 spiro atoms. The molecule has 14 heavy (non-hydrogen) atoms. The Hall–Kier alpha value is -1.06. The van der Waals surface area contributed by atoms with Crippen LogP contribution < -0.4 is 4.74 Å². The third-order valence-electron chi connectivity index (χ3n) is 2.31. The molecular formula is C11H12O2S. The molecule has 0 atom stereocenters. The number of aliphatic hydroxyl groups is 1. The zero-order chi connectivity index (χ0) is 10.1. The number of hydrogen-bond donors (Lipinski definition) is 1. The topological polar surface area (TPSA) is 29.5 Å². The predicted octanol–water partition coefficient (Wildman–Crippen LogP) is 2.71. The number of methoxy groups -OCH3 is 1. The average Bonchev–Trinajstić information content (AvgIpc) is 2.62. The van der Waals surface area contributed by atoms with Crippen LogP contribution in [0.5, 0.6) is 5.75 Å². The number of ether oxygens (including phenoxy) is 1. The van der Waals surface area contributed by atoms with Gasteiger partial charge in [0.05, 0.1) is 13.7 Å². The Morgan fingerprint density at radius 1 is 1.43 bits per heavy atom. The molecule has 2 nitrogen and oxygen atoms in total. The van der Waals surface area contributed by atoms with Crippen molar-refractivity contribution in [1.29, 1.82) is 0 Å². The molecule has 0 radical (unpaired) electrons. The first-order valence-corrected chi connectivity index (χ1v) is 5.24.